The number of benzene rings is 1. The number of piperidine rings is 1. The third kappa shape index (κ3) is 7.03. The van der Waals surface area contributed by atoms with Crippen LogP contribution in [0.1, 0.15) is 28.1 Å². The van der Waals surface area contributed by atoms with E-state index < -0.39 is 17.9 Å². The van der Waals surface area contributed by atoms with Crippen LogP contribution in [-0.2, 0) is 16.0 Å². The summed E-state index contributed by atoms with van der Waals surface area (Å²) in [5.74, 6) is -1.95. The van der Waals surface area contributed by atoms with E-state index in [1.165, 1.54) is 24.2 Å². The molecule has 1 atom stereocenters. The van der Waals surface area contributed by atoms with Crippen molar-refractivity contribution >= 4 is 34.8 Å². The smallest absolute Gasteiger partial charge is 0.328 e. The molecule has 188 valence electrons. The van der Waals surface area contributed by atoms with Gasteiger partial charge in [-0.2, -0.15) is 0 Å². The fourth-order valence-corrected chi connectivity index (χ4v) is 5.36. The molecule has 1 aromatic heterocycles. The number of anilines is 1. The molecule has 0 unspecified atom stereocenters. The molecule has 4 rings (SSSR count). The minimum atomic E-state index is -1.19. The van der Waals surface area contributed by atoms with Gasteiger partial charge >= 0.3 is 5.97 Å². The van der Waals surface area contributed by atoms with Gasteiger partial charge in [-0.15, -0.1) is 11.3 Å². The fourth-order valence-electron chi connectivity index (χ4n) is 4.65. The molecule has 9 nitrogen and oxygen atoms in total. The van der Waals surface area contributed by atoms with E-state index in [4.69, 9.17) is 0 Å². The zero-order chi connectivity index (χ0) is 24.6. The number of aliphatic carboxylic acids is 1. The summed E-state index contributed by atoms with van der Waals surface area (Å²) in [7, 11) is 0. The van der Waals surface area contributed by atoms with E-state index in [0.29, 0.717) is 11.6 Å². The van der Waals surface area contributed by atoms with Gasteiger partial charge in [-0.25, -0.2) is 4.79 Å². The highest BCUT2D eigenvalue weighted by molar-refractivity contribution is 7.10. The first-order valence-corrected chi connectivity index (χ1v) is 13.0. The molecule has 0 radical (unpaired) electrons. The van der Waals surface area contributed by atoms with Gasteiger partial charge in [-0.05, 0) is 61.6 Å². The largest absolute Gasteiger partial charge is 0.480 e. The summed E-state index contributed by atoms with van der Waals surface area (Å²) in [6.45, 7) is 6.02. The standard InChI is InChI=1S/C25H33N5O4S/c31-23(16-21-2-1-15-35-21)28-22(25(33)34)17-27-24(32)18-3-5-19(6-4-18)29-11-13-30(14-12-29)20-7-9-26-10-8-20/h1-6,15,20,22,26H,7-14,16-17H2,(H,27,32)(H,28,31)(H,33,34)/t22-/m0/s1. The molecule has 0 saturated carbocycles. The van der Waals surface area contributed by atoms with Crippen LogP contribution in [0.4, 0.5) is 5.69 Å². The number of piperazine rings is 1. The van der Waals surface area contributed by atoms with Crippen LogP contribution in [0.15, 0.2) is 41.8 Å². The lowest BCUT2D eigenvalue weighted by molar-refractivity contribution is -0.141. The van der Waals surface area contributed by atoms with Gasteiger partial charge in [-0.1, -0.05) is 6.07 Å². The summed E-state index contributed by atoms with van der Waals surface area (Å²) in [5.41, 5.74) is 1.53. The van der Waals surface area contributed by atoms with Crippen LogP contribution in [0.2, 0.25) is 0 Å². The van der Waals surface area contributed by atoms with Crippen molar-refractivity contribution in [2.45, 2.75) is 31.3 Å². The van der Waals surface area contributed by atoms with Crippen molar-refractivity contribution in [1.29, 1.82) is 0 Å². The molecule has 0 spiro atoms. The van der Waals surface area contributed by atoms with Gasteiger partial charge < -0.3 is 26.0 Å². The van der Waals surface area contributed by atoms with Crippen molar-refractivity contribution in [3.8, 4) is 0 Å². The quantitative estimate of drug-likeness (QED) is 0.410. The first-order valence-electron chi connectivity index (χ1n) is 12.1. The number of nitrogens with one attached hydrogen (secondary N) is 3. The van der Waals surface area contributed by atoms with E-state index in [2.05, 4.69) is 25.8 Å². The number of amides is 2. The Balaban J connectivity index is 1.24. The van der Waals surface area contributed by atoms with Crippen molar-refractivity contribution in [2.24, 2.45) is 0 Å². The zero-order valence-electron chi connectivity index (χ0n) is 19.7. The second kappa shape index (κ2) is 12.1. The molecule has 10 heteroatoms. The van der Waals surface area contributed by atoms with E-state index in [-0.39, 0.29) is 18.9 Å². The van der Waals surface area contributed by atoms with Gasteiger partial charge in [0.2, 0.25) is 5.91 Å². The lowest BCUT2D eigenvalue weighted by Gasteiger charge is -2.41. The summed E-state index contributed by atoms with van der Waals surface area (Å²) < 4.78 is 0. The van der Waals surface area contributed by atoms with Crippen LogP contribution in [0, 0.1) is 0 Å². The Bertz CT molecular complexity index is 984. The van der Waals surface area contributed by atoms with E-state index >= 15 is 0 Å². The van der Waals surface area contributed by atoms with E-state index in [1.807, 2.05) is 29.6 Å². The molecule has 3 heterocycles. The maximum absolute atomic E-state index is 12.6. The molecular weight excluding hydrogens is 466 g/mol. The van der Waals surface area contributed by atoms with E-state index in [0.717, 1.165) is 49.8 Å². The van der Waals surface area contributed by atoms with Crippen molar-refractivity contribution in [3.63, 3.8) is 0 Å². The number of rotatable bonds is 9. The van der Waals surface area contributed by atoms with Crippen LogP contribution in [0.3, 0.4) is 0 Å². The maximum atomic E-state index is 12.6. The van der Waals surface area contributed by atoms with Crippen LogP contribution < -0.4 is 20.9 Å². The highest BCUT2D eigenvalue weighted by Gasteiger charge is 2.25. The highest BCUT2D eigenvalue weighted by atomic mass is 32.1. The Morgan fingerprint density at radius 1 is 1.06 bits per heavy atom. The third-order valence-corrected chi connectivity index (χ3v) is 7.53. The van der Waals surface area contributed by atoms with Crippen LogP contribution in [0.5, 0.6) is 0 Å². The molecule has 0 aliphatic carbocycles. The molecule has 2 aliphatic heterocycles. The monoisotopic (exact) mass is 499 g/mol. The van der Waals surface area contributed by atoms with Gasteiger partial charge in [0.25, 0.3) is 5.91 Å². The van der Waals surface area contributed by atoms with Gasteiger partial charge in [0, 0.05) is 54.9 Å². The van der Waals surface area contributed by atoms with Crippen LogP contribution in [0.25, 0.3) is 0 Å². The number of carboxylic acid groups (broad SMARTS) is 1. The predicted molar refractivity (Wildman–Crippen MR) is 136 cm³/mol. The molecule has 2 fully saturated rings. The Labute approximate surface area is 209 Å². The van der Waals surface area contributed by atoms with Crippen molar-refractivity contribution < 1.29 is 19.5 Å². The number of carbonyl (C=O) groups is 3. The van der Waals surface area contributed by atoms with Gasteiger partial charge in [0.05, 0.1) is 6.42 Å². The van der Waals surface area contributed by atoms with Gasteiger partial charge in [0.15, 0.2) is 0 Å². The molecular formula is C25H33N5O4S. The second-order valence-corrected chi connectivity index (χ2v) is 10.0. The van der Waals surface area contributed by atoms with Crippen molar-refractivity contribution in [1.82, 2.24) is 20.9 Å². The van der Waals surface area contributed by atoms with Crippen LogP contribution >= 0.6 is 11.3 Å². The average molecular weight is 500 g/mol. The van der Waals surface area contributed by atoms with Crippen molar-refractivity contribution in [2.75, 3.05) is 50.7 Å². The first-order chi connectivity index (χ1) is 17.0. The molecule has 0 bridgehead atoms. The number of nitrogens with zero attached hydrogens (tertiary/aromatic N) is 2. The summed E-state index contributed by atoms with van der Waals surface area (Å²) >= 11 is 1.43. The SMILES string of the molecule is O=C(Cc1cccs1)N[C@@H](CNC(=O)c1ccc(N2CCN(C3CCNCC3)CC2)cc1)C(=O)O. The molecule has 2 aromatic rings. The Hall–Kier alpha value is -2.95. The lowest BCUT2D eigenvalue weighted by Crippen LogP contribution is -2.52. The Morgan fingerprint density at radius 2 is 1.77 bits per heavy atom. The molecule has 1 aromatic carbocycles. The maximum Gasteiger partial charge on any atom is 0.328 e. The Kier molecular flexibility index (Phi) is 8.73. The fraction of sp³-hybridized carbons (Fsp3) is 0.480. The molecule has 4 N–H and O–H groups in total. The van der Waals surface area contributed by atoms with Gasteiger partial charge in [0.1, 0.15) is 6.04 Å². The third-order valence-electron chi connectivity index (χ3n) is 6.65. The number of thiophene rings is 1. The number of hydrogen-bond acceptors (Lipinski definition) is 7. The summed E-state index contributed by atoms with van der Waals surface area (Å²) in [6.07, 6.45) is 2.54. The zero-order valence-corrected chi connectivity index (χ0v) is 20.6. The molecule has 2 aliphatic rings. The average Bonchev–Trinajstić information content (AvgIpc) is 3.40. The normalized spacial score (nSPS) is 18.1. The topological polar surface area (TPSA) is 114 Å². The summed E-state index contributed by atoms with van der Waals surface area (Å²) in [5, 5.41) is 19.8. The molecule has 2 saturated heterocycles. The number of carbonyl (C=O) groups excluding carboxylic acids is 2. The number of carboxylic acids is 1. The molecule has 2 amide bonds. The Morgan fingerprint density at radius 3 is 2.40 bits per heavy atom. The lowest BCUT2D eigenvalue weighted by atomic mass is 10.0. The minimum absolute atomic E-state index is 0.114. The second-order valence-electron chi connectivity index (χ2n) is 8.98. The van der Waals surface area contributed by atoms with Gasteiger partial charge in [-0.3, -0.25) is 14.5 Å². The van der Waals surface area contributed by atoms with Crippen LogP contribution in [-0.4, -0.2) is 85.7 Å². The minimum Gasteiger partial charge on any atom is -0.480 e. The first kappa shape index (κ1) is 25.2. The van der Waals surface area contributed by atoms with E-state index in [1.54, 1.807) is 12.1 Å². The predicted octanol–water partition coefficient (Wildman–Crippen LogP) is 1.16. The summed E-state index contributed by atoms with van der Waals surface area (Å²) in [6, 6.07) is 10.5. The molecule has 35 heavy (non-hydrogen) atoms. The summed E-state index contributed by atoms with van der Waals surface area (Å²) in [4.78, 5) is 42.1. The highest BCUT2D eigenvalue weighted by Crippen LogP contribution is 2.20. The number of hydrogen-bond donors (Lipinski definition) is 4. The van der Waals surface area contributed by atoms with Crippen molar-refractivity contribution in [3.05, 3.63) is 52.2 Å². The van der Waals surface area contributed by atoms with E-state index in [9.17, 15) is 19.5 Å².